The highest BCUT2D eigenvalue weighted by Crippen LogP contribution is 2.40. The van der Waals surface area contributed by atoms with Gasteiger partial charge in [0.15, 0.2) is 5.71 Å². The van der Waals surface area contributed by atoms with Crippen molar-refractivity contribution in [3.63, 3.8) is 0 Å². The molecule has 136 valence electrons. The van der Waals surface area contributed by atoms with Crippen LogP contribution in [0.2, 0.25) is 0 Å². The highest BCUT2D eigenvalue weighted by atomic mass is 16.7. The number of esters is 1. The summed E-state index contributed by atoms with van der Waals surface area (Å²) in [6.45, 7) is 7.41. The number of amides is 1. The summed E-state index contributed by atoms with van der Waals surface area (Å²) in [6.07, 6.45) is 3.28. The molecular formula is C17H24N4O4. The Morgan fingerprint density at radius 2 is 2.12 bits per heavy atom. The average Bonchev–Trinajstić information content (AvgIpc) is 3.06. The second-order valence-electron chi connectivity index (χ2n) is 7.57. The van der Waals surface area contributed by atoms with Crippen molar-refractivity contribution in [2.45, 2.75) is 64.7 Å². The lowest BCUT2D eigenvalue weighted by Crippen LogP contribution is -2.32. The number of carbonyl (C=O) groups excluding carboxylic acids is 2. The van der Waals surface area contributed by atoms with Crippen LogP contribution in [-0.4, -0.2) is 39.1 Å². The van der Waals surface area contributed by atoms with E-state index in [1.165, 1.54) is 12.8 Å². The molecule has 0 spiro atoms. The molecule has 1 fully saturated rings. The lowest BCUT2D eigenvalue weighted by atomic mass is 10.1. The van der Waals surface area contributed by atoms with E-state index in [9.17, 15) is 9.59 Å². The number of carbonyl (C=O) groups is 2. The van der Waals surface area contributed by atoms with E-state index in [2.05, 4.69) is 22.5 Å². The zero-order valence-electron chi connectivity index (χ0n) is 15.0. The van der Waals surface area contributed by atoms with Crippen LogP contribution in [0.25, 0.3) is 0 Å². The smallest absolute Gasteiger partial charge is 0.356 e. The third-order valence-corrected chi connectivity index (χ3v) is 4.21. The molecule has 2 aliphatic rings. The summed E-state index contributed by atoms with van der Waals surface area (Å²) >= 11 is 0. The number of hydrogen-bond donors (Lipinski definition) is 1. The molecule has 2 heterocycles. The molecule has 1 amide bonds. The molecular weight excluding hydrogens is 324 g/mol. The Morgan fingerprint density at radius 3 is 2.76 bits per heavy atom. The Labute approximate surface area is 146 Å². The maximum absolute atomic E-state index is 12.4. The van der Waals surface area contributed by atoms with Gasteiger partial charge in [-0.3, -0.25) is 4.79 Å². The Kier molecular flexibility index (Phi) is 4.53. The zero-order chi connectivity index (χ0) is 18.2. The molecule has 3 rings (SSSR count). The van der Waals surface area contributed by atoms with Gasteiger partial charge >= 0.3 is 5.97 Å². The third-order valence-electron chi connectivity index (χ3n) is 4.21. The molecule has 8 heteroatoms. The number of hydrogen-bond acceptors (Lipinski definition) is 6. The minimum atomic E-state index is -0.845. The number of nitrogens with zero attached hydrogens (tertiary/aromatic N) is 3. The van der Waals surface area contributed by atoms with Crippen LogP contribution in [0, 0.1) is 5.92 Å². The molecule has 25 heavy (non-hydrogen) atoms. The molecule has 0 aromatic carbocycles. The third kappa shape index (κ3) is 4.18. The van der Waals surface area contributed by atoms with Crippen molar-refractivity contribution in [3.05, 3.63) is 12.3 Å². The van der Waals surface area contributed by atoms with E-state index in [1.54, 1.807) is 33.0 Å². The number of rotatable bonds is 5. The summed E-state index contributed by atoms with van der Waals surface area (Å²) < 4.78 is 7.06. The van der Waals surface area contributed by atoms with Gasteiger partial charge in [0.05, 0.1) is 12.2 Å². The highest BCUT2D eigenvalue weighted by Gasteiger charge is 2.35. The number of oxime groups is 1. The van der Waals surface area contributed by atoms with Crippen LogP contribution >= 0.6 is 0 Å². The van der Waals surface area contributed by atoms with Crippen molar-refractivity contribution in [1.82, 2.24) is 9.78 Å². The minimum absolute atomic E-state index is 0.0903. The minimum Gasteiger partial charge on any atom is -0.455 e. The summed E-state index contributed by atoms with van der Waals surface area (Å²) in [5.74, 6) is 0.321. The van der Waals surface area contributed by atoms with Crippen molar-refractivity contribution in [2.24, 2.45) is 11.1 Å². The molecule has 1 aromatic heterocycles. The van der Waals surface area contributed by atoms with Crippen LogP contribution in [0.5, 0.6) is 0 Å². The first-order valence-corrected chi connectivity index (χ1v) is 8.55. The highest BCUT2D eigenvalue weighted by molar-refractivity contribution is 6.37. The van der Waals surface area contributed by atoms with E-state index in [0.717, 1.165) is 0 Å². The van der Waals surface area contributed by atoms with Gasteiger partial charge in [-0.05, 0) is 46.5 Å². The number of anilines is 1. The van der Waals surface area contributed by atoms with Gasteiger partial charge in [-0.2, -0.15) is 5.10 Å². The van der Waals surface area contributed by atoms with E-state index in [1.807, 2.05) is 4.68 Å². The monoisotopic (exact) mass is 348 g/mol. The summed E-state index contributed by atoms with van der Waals surface area (Å²) in [7, 11) is 0. The molecule has 1 aliphatic heterocycles. The Balaban J connectivity index is 1.57. The quantitative estimate of drug-likeness (QED) is 0.824. The van der Waals surface area contributed by atoms with Crippen LogP contribution < -0.4 is 5.32 Å². The van der Waals surface area contributed by atoms with E-state index in [0.29, 0.717) is 11.7 Å². The molecule has 1 saturated carbocycles. The average molecular weight is 348 g/mol. The first-order valence-electron chi connectivity index (χ1n) is 8.55. The van der Waals surface area contributed by atoms with E-state index >= 15 is 0 Å². The fraction of sp³-hybridized carbons (Fsp3) is 0.647. The molecule has 0 bridgehead atoms. The maximum atomic E-state index is 12.4. The van der Waals surface area contributed by atoms with Crippen molar-refractivity contribution in [3.8, 4) is 0 Å². The van der Waals surface area contributed by atoms with Gasteiger partial charge < -0.3 is 14.9 Å². The lowest BCUT2D eigenvalue weighted by Gasteiger charge is -2.18. The Morgan fingerprint density at radius 1 is 1.40 bits per heavy atom. The van der Waals surface area contributed by atoms with E-state index in [-0.39, 0.29) is 24.1 Å². The number of nitrogens with one attached hydrogen (secondary N) is 1. The van der Waals surface area contributed by atoms with Crippen molar-refractivity contribution < 1.29 is 19.2 Å². The first kappa shape index (κ1) is 17.4. The van der Waals surface area contributed by atoms with Crippen LogP contribution in [0.3, 0.4) is 0 Å². The largest absolute Gasteiger partial charge is 0.455 e. The fourth-order valence-corrected chi connectivity index (χ4v) is 2.70. The van der Waals surface area contributed by atoms with Gasteiger partial charge in [0, 0.05) is 12.5 Å². The van der Waals surface area contributed by atoms with Gasteiger partial charge in [0.1, 0.15) is 11.4 Å². The molecule has 1 N–H and O–H groups in total. The summed E-state index contributed by atoms with van der Waals surface area (Å²) in [4.78, 5) is 29.5. The van der Waals surface area contributed by atoms with E-state index < -0.39 is 17.7 Å². The first-order chi connectivity index (χ1) is 11.7. The lowest BCUT2D eigenvalue weighted by molar-refractivity contribution is -0.146. The Bertz CT molecular complexity index is 700. The van der Waals surface area contributed by atoms with Crippen molar-refractivity contribution in [2.75, 3.05) is 5.32 Å². The van der Waals surface area contributed by atoms with Gasteiger partial charge in [-0.15, -0.1) is 0 Å². The predicted molar refractivity (Wildman–Crippen MR) is 91.1 cm³/mol. The molecule has 0 radical (unpaired) electrons. The summed E-state index contributed by atoms with van der Waals surface area (Å²) in [6, 6.07) is 1.99. The second-order valence-corrected chi connectivity index (χ2v) is 7.57. The van der Waals surface area contributed by atoms with Crippen LogP contribution in [0.15, 0.2) is 17.4 Å². The fourth-order valence-electron chi connectivity index (χ4n) is 2.70. The van der Waals surface area contributed by atoms with Crippen molar-refractivity contribution in [1.29, 1.82) is 0 Å². The molecule has 0 unspecified atom stereocenters. The predicted octanol–water partition coefficient (Wildman–Crippen LogP) is 2.28. The van der Waals surface area contributed by atoms with Gasteiger partial charge in [-0.25, -0.2) is 9.48 Å². The van der Waals surface area contributed by atoms with Crippen LogP contribution in [0.4, 0.5) is 5.82 Å². The summed E-state index contributed by atoms with van der Waals surface area (Å²) in [5, 5.41) is 10.8. The molecule has 1 aromatic rings. The van der Waals surface area contributed by atoms with Crippen molar-refractivity contribution >= 4 is 23.4 Å². The molecule has 8 nitrogen and oxygen atoms in total. The SMILES string of the molecule is C[C@H](C1CC1)n1nccc1NC(=O)[C@@H]1CC(C(=O)OC(C)(C)C)=NO1. The standard InChI is InChI=1S/C17H24N4O4/c1-10(11-5-6-11)21-14(7-8-18-21)19-15(22)13-9-12(20-25-13)16(23)24-17(2,3)4/h7-8,10-11,13H,5-6,9H2,1-4H3,(H,19,22)/t10-,13+/m1/s1. The maximum Gasteiger partial charge on any atom is 0.356 e. The van der Waals surface area contributed by atoms with Gasteiger partial charge in [-0.1, -0.05) is 5.16 Å². The topological polar surface area (TPSA) is 94.8 Å². The zero-order valence-corrected chi connectivity index (χ0v) is 15.0. The second kappa shape index (κ2) is 6.50. The van der Waals surface area contributed by atoms with Gasteiger partial charge in [0.25, 0.3) is 5.91 Å². The molecule has 1 aliphatic carbocycles. The van der Waals surface area contributed by atoms with Crippen LogP contribution in [-0.2, 0) is 19.2 Å². The number of aromatic nitrogens is 2. The molecule has 2 atom stereocenters. The Hall–Kier alpha value is -2.38. The van der Waals surface area contributed by atoms with Crippen LogP contribution in [0.1, 0.15) is 53.0 Å². The van der Waals surface area contributed by atoms with Gasteiger partial charge in [0.2, 0.25) is 6.10 Å². The van der Waals surface area contributed by atoms with E-state index in [4.69, 9.17) is 9.57 Å². The number of ether oxygens (including phenoxy) is 1. The normalized spacial score (nSPS) is 21.3. The summed E-state index contributed by atoms with van der Waals surface area (Å²) in [5.41, 5.74) is -0.499. The molecule has 0 saturated heterocycles.